The standard InChI is InChI=1S/C23H22N2O3/c1-25(2)13-12-16-14-24-19-8-5-9-20(21(16)19)28-23(27)18-11-10-15-6-3-4-7-17(15)22(18)26/h3-11,14,24,26H,12-13H2,1-2H3. The lowest BCUT2D eigenvalue weighted by Crippen LogP contribution is -2.15. The summed E-state index contributed by atoms with van der Waals surface area (Å²) in [6.45, 7) is 0.890. The van der Waals surface area contributed by atoms with E-state index in [0.717, 1.165) is 34.8 Å². The molecule has 1 heterocycles. The number of benzene rings is 3. The number of nitrogens with zero attached hydrogens (tertiary/aromatic N) is 1. The maximum Gasteiger partial charge on any atom is 0.347 e. The van der Waals surface area contributed by atoms with Gasteiger partial charge in [-0.15, -0.1) is 0 Å². The molecule has 0 unspecified atom stereocenters. The number of hydrogen-bond donors (Lipinski definition) is 2. The van der Waals surface area contributed by atoms with Crippen LogP contribution in [0, 0.1) is 0 Å². The topological polar surface area (TPSA) is 65.6 Å². The number of aromatic hydroxyl groups is 1. The van der Waals surface area contributed by atoms with E-state index in [4.69, 9.17) is 4.74 Å². The number of rotatable bonds is 5. The first kappa shape index (κ1) is 18.1. The number of aromatic nitrogens is 1. The Morgan fingerprint density at radius 2 is 1.89 bits per heavy atom. The molecule has 2 N–H and O–H groups in total. The molecular formula is C23H22N2O3. The first-order valence-electron chi connectivity index (χ1n) is 9.21. The Hall–Kier alpha value is -3.31. The molecule has 0 aliphatic rings. The summed E-state index contributed by atoms with van der Waals surface area (Å²) in [4.78, 5) is 18.2. The average molecular weight is 374 g/mol. The van der Waals surface area contributed by atoms with Crippen LogP contribution in [-0.4, -0.2) is 41.6 Å². The van der Waals surface area contributed by atoms with E-state index in [1.807, 2.05) is 56.7 Å². The fourth-order valence-electron chi connectivity index (χ4n) is 3.42. The molecule has 0 radical (unpaired) electrons. The van der Waals surface area contributed by atoms with Crippen LogP contribution < -0.4 is 4.74 Å². The molecule has 1 aromatic heterocycles. The molecular weight excluding hydrogens is 352 g/mol. The lowest BCUT2D eigenvalue weighted by Gasteiger charge is -2.11. The van der Waals surface area contributed by atoms with Gasteiger partial charge < -0.3 is 19.7 Å². The highest BCUT2D eigenvalue weighted by atomic mass is 16.5. The molecule has 4 rings (SSSR count). The summed E-state index contributed by atoms with van der Waals surface area (Å²) in [5.74, 6) is -0.141. The number of phenols is 1. The molecule has 4 aromatic rings. The average Bonchev–Trinajstić information content (AvgIpc) is 3.11. The zero-order chi connectivity index (χ0) is 19.7. The number of carbonyl (C=O) groups excluding carboxylic acids is 1. The highest BCUT2D eigenvalue weighted by molar-refractivity contribution is 6.03. The van der Waals surface area contributed by atoms with Gasteiger partial charge in [0.1, 0.15) is 17.1 Å². The Kier molecular flexibility index (Phi) is 4.75. The van der Waals surface area contributed by atoms with Crippen molar-refractivity contribution in [2.45, 2.75) is 6.42 Å². The van der Waals surface area contributed by atoms with Gasteiger partial charge in [0.2, 0.25) is 0 Å². The van der Waals surface area contributed by atoms with E-state index in [2.05, 4.69) is 9.88 Å². The molecule has 28 heavy (non-hydrogen) atoms. The third-order valence-electron chi connectivity index (χ3n) is 4.90. The summed E-state index contributed by atoms with van der Waals surface area (Å²) in [7, 11) is 4.05. The van der Waals surface area contributed by atoms with Crippen LogP contribution in [0.3, 0.4) is 0 Å². The van der Waals surface area contributed by atoms with Crippen molar-refractivity contribution in [3.8, 4) is 11.5 Å². The summed E-state index contributed by atoms with van der Waals surface area (Å²) in [5, 5.41) is 13.0. The fourth-order valence-corrected chi connectivity index (χ4v) is 3.42. The van der Waals surface area contributed by atoms with Crippen LogP contribution in [0.1, 0.15) is 15.9 Å². The molecule has 5 nitrogen and oxygen atoms in total. The van der Waals surface area contributed by atoms with Crippen LogP contribution in [-0.2, 0) is 6.42 Å². The lowest BCUT2D eigenvalue weighted by molar-refractivity contribution is 0.0734. The predicted molar refractivity (Wildman–Crippen MR) is 111 cm³/mol. The highest BCUT2D eigenvalue weighted by Crippen LogP contribution is 2.32. The summed E-state index contributed by atoms with van der Waals surface area (Å²) < 4.78 is 5.72. The van der Waals surface area contributed by atoms with Crippen molar-refractivity contribution in [2.24, 2.45) is 0 Å². The minimum atomic E-state index is -0.574. The van der Waals surface area contributed by atoms with Gasteiger partial charge in [-0.2, -0.15) is 0 Å². The van der Waals surface area contributed by atoms with Gasteiger partial charge in [-0.1, -0.05) is 36.4 Å². The third kappa shape index (κ3) is 3.32. The molecule has 0 atom stereocenters. The Morgan fingerprint density at radius 3 is 2.71 bits per heavy atom. The summed E-state index contributed by atoms with van der Waals surface area (Å²) in [6.07, 6.45) is 2.79. The molecule has 5 heteroatoms. The van der Waals surface area contributed by atoms with Crippen molar-refractivity contribution in [2.75, 3.05) is 20.6 Å². The van der Waals surface area contributed by atoms with E-state index in [0.29, 0.717) is 11.1 Å². The third-order valence-corrected chi connectivity index (χ3v) is 4.90. The van der Waals surface area contributed by atoms with Gasteiger partial charge in [-0.05, 0) is 49.7 Å². The van der Waals surface area contributed by atoms with Crippen LogP contribution in [0.4, 0.5) is 0 Å². The van der Waals surface area contributed by atoms with Crippen LogP contribution >= 0.6 is 0 Å². The smallest absolute Gasteiger partial charge is 0.347 e. The zero-order valence-electron chi connectivity index (χ0n) is 15.9. The molecule has 0 amide bonds. The molecule has 0 bridgehead atoms. The molecule has 0 fully saturated rings. The van der Waals surface area contributed by atoms with Crippen LogP contribution in [0.5, 0.6) is 11.5 Å². The molecule has 0 saturated heterocycles. The normalized spacial score (nSPS) is 11.4. The van der Waals surface area contributed by atoms with Crippen molar-refractivity contribution in [3.63, 3.8) is 0 Å². The second-order valence-electron chi connectivity index (χ2n) is 7.12. The Balaban J connectivity index is 1.69. The highest BCUT2D eigenvalue weighted by Gasteiger charge is 2.18. The van der Waals surface area contributed by atoms with E-state index in [-0.39, 0.29) is 11.3 Å². The van der Waals surface area contributed by atoms with Gasteiger partial charge in [0.25, 0.3) is 0 Å². The number of nitrogens with one attached hydrogen (secondary N) is 1. The monoisotopic (exact) mass is 374 g/mol. The van der Waals surface area contributed by atoms with Gasteiger partial charge in [0, 0.05) is 29.0 Å². The number of hydrogen-bond acceptors (Lipinski definition) is 4. The number of fused-ring (bicyclic) bond motifs is 2. The lowest BCUT2D eigenvalue weighted by atomic mass is 10.1. The maximum absolute atomic E-state index is 12.8. The first-order valence-corrected chi connectivity index (χ1v) is 9.21. The fraction of sp³-hybridized carbons (Fsp3) is 0.174. The minimum absolute atomic E-state index is 0.0582. The summed E-state index contributed by atoms with van der Waals surface area (Å²) >= 11 is 0. The van der Waals surface area contributed by atoms with Gasteiger partial charge >= 0.3 is 5.97 Å². The minimum Gasteiger partial charge on any atom is -0.506 e. The second-order valence-corrected chi connectivity index (χ2v) is 7.12. The molecule has 0 aliphatic heterocycles. The molecule has 0 saturated carbocycles. The largest absolute Gasteiger partial charge is 0.506 e. The van der Waals surface area contributed by atoms with E-state index in [1.165, 1.54) is 0 Å². The summed E-state index contributed by atoms with van der Waals surface area (Å²) in [5.41, 5.74) is 2.16. The number of phenolic OH excluding ortho intramolecular Hbond substituents is 1. The number of esters is 1. The van der Waals surface area contributed by atoms with Crippen molar-refractivity contribution in [1.82, 2.24) is 9.88 Å². The van der Waals surface area contributed by atoms with Crippen molar-refractivity contribution < 1.29 is 14.6 Å². The van der Waals surface area contributed by atoms with Gasteiger partial charge in [-0.3, -0.25) is 0 Å². The first-order chi connectivity index (χ1) is 13.5. The van der Waals surface area contributed by atoms with E-state index in [1.54, 1.807) is 18.2 Å². The number of aromatic amines is 1. The molecule has 0 spiro atoms. The Bertz CT molecular complexity index is 1160. The zero-order valence-corrected chi connectivity index (χ0v) is 15.9. The molecule has 3 aromatic carbocycles. The van der Waals surface area contributed by atoms with Crippen LogP contribution in [0.25, 0.3) is 21.7 Å². The van der Waals surface area contributed by atoms with Gasteiger partial charge in [-0.25, -0.2) is 4.79 Å². The van der Waals surface area contributed by atoms with Crippen molar-refractivity contribution >= 4 is 27.6 Å². The number of ether oxygens (including phenoxy) is 1. The quantitative estimate of drug-likeness (QED) is 0.403. The van der Waals surface area contributed by atoms with E-state index in [9.17, 15) is 9.90 Å². The maximum atomic E-state index is 12.8. The van der Waals surface area contributed by atoms with Crippen LogP contribution in [0.2, 0.25) is 0 Å². The van der Waals surface area contributed by atoms with E-state index >= 15 is 0 Å². The Morgan fingerprint density at radius 1 is 1.07 bits per heavy atom. The molecule has 142 valence electrons. The van der Waals surface area contributed by atoms with Gasteiger partial charge in [0.15, 0.2) is 0 Å². The summed E-state index contributed by atoms with van der Waals surface area (Å²) in [6, 6.07) is 16.4. The number of likely N-dealkylation sites (N-methyl/N-ethyl adjacent to an activating group) is 1. The second kappa shape index (κ2) is 7.37. The van der Waals surface area contributed by atoms with Crippen molar-refractivity contribution in [1.29, 1.82) is 0 Å². The number of carbonyl (C=O) groups is 1. The number of H-pyrrole nitrogens is 1. The SMILES string of the molecule is CN(C)CCc1c[nH]c2cccc(OC(=O)c3ccc4ccccc4c3O)c12. The van der Waals surface area contributed by atoms with Crippen LogP contribution in [0.15, 0.2) is 60.8 Å². The van der Waals surface area contributed by atoms with Gasteiger partial charge in [0.05, 0.1) is 0 Å². The predicted octanol–water partition coefficient (Wildman–Crippen LogP) is 4.35. The van der Waals surface area contributed by atoms with E-state index < -0.39 is 5.97 Å². The van der Waals surface area contributed by atoms with Crippen molar-refractivity contribution in [3.05, 3.63) is 71.9 Å². The Labute approximate surface area is 163 Å². The molecule has 0 aliphatic carbocycles.